The second-order valence-electron chi connectivity index (χ2n) is 6.39. The Hall–Kier alpha value is -0.950. The van der Waals surface area contributed by atoms with Crippen LogP contribution in [0.3, 0.4) is 0 Å². The standard InChI is InChI=1S/C17H28N2O3S/c1-15(14-22-2)23(20,21)18-11-17-9-6-10-19(13-17)12-16-7-4-3-5-8-16/h3-5,7-8,15,17-18H,6,9-14H2,1-2H3/t15-,17-/m1/s1. The highest BCUT2D eigenvalue weighted by Gasteiger charge is 2.24. The Morgan fingerprint density at radius 2 is 2.09 bits per heavy atom. The highest BCUT2D eigenvalue weighted by atomic mass is 32.2. The number of piperidine rings is 1. The lowest BCUT2D eigenvalue weighted by atomic mass is 9.98. The Morgan fingerprint density at radius 1 is 1.35 bits per heavy atom. The number of ether oxygens (including phenoxy) is 1. The van der Waals surface area contributed by atoms with E-state index in [9.17, 15) is 8.42 Å². The van der Waals surface area contributed by atoms with Crippen LogP contribution in [0.25, 0.3) is 0 Å². The van der Waals surface area contributed by atoms with Crippen LogP contribution in [0.15, 0.2) is 30.3 Å². The summed E-state index contributed by atoms with van der Waals surface area (Å²) in [5.74, 6) is 0.372. The summed E-state index contributed by atoms with van der Waals surface area (Å²) in [6, 6.07) is 10.4. The topological polar surface area (TPSA) is 58.6 Å². The second kappa shape index (κ2) is 8.78. The van der Waals surface area contributed by atoms with Gasteiger partial charge in [0.1, 0.15) is 0 Å². The number of hydrogen-bond acceptors (Lipinski definition) is 4. The molecule has 1 aliphatic rings. The van der Waals surface area contributed by atoms with Crippen LogP contribution in [0.1, 0.15) is 25.3 Å². The van der Waals surface area contributed by atoms with E-state index in [1.54, 1.807) is 6.92 Å². The normalized spacial score (nSPS) is 21.2. The number of likely N-dealkylation sites (tertiary alicyclic amines) is 1. The molecule has 23 heavy (non-hydrogen) atoms. The predicted molar refractivity (Wildman–Crippen MR) is 92.7 cm³/mol. The van der Waals surface area contributed by atoms with Gasteiger partial charge in [0.2, 0.25) is 10.0 Å². The smallest absolute Gasteiger partial charge is 0.216 e. The fourth-order valence-corrected chi connectivity index (χ4v) is 4.07. The Balaban J connectivity index is 1.82. The van der Waals surface area contributed by atoms with Crippen molar-refractivity contribution in [1.29, 1.82) is 0 Å². The van der Waals surface area contributed by atoms with Crippen molar-refractivity contribution >= 4 is 10.0 Å². The SMILES string of the molecule is COC[C@@H](C)S(=O)(=O)NC[C@H]1CCCN(Cc2ccccc2)C1. The molecule has 0 unspecified atom stereocenters. The molecule has 5 nitrogen and oxygen atoms in total. The first kappa shape index (κ1) is 18.4. The van der Waals surface area contributed by atoms with Crippen LogP contribution in [0.4, 0.5) is 0 Å². The van der Waals surface area contributed by atoms with E-state index in [0.29, 0.717) is 12.5 Å². The zero-order valence-corrected chi connectivity index (χ0v) is 14.9. The number of nitrogens with one attached hydrogen (secondary N) is 1. The van der Waals surface area contributed by atoms with E-state index in [-0.39, 0.29) is 6.61 Å². The van der Waals surface area contributed by atoms with Gasteiger partial charge in [0.05, 0.1) is 11.9 Å². The zero-order chi connectivity index (χ0) is 16.7. The van der Waals surface area contributed by atoms with Crippen molar-refractivity contribution in [2.24, 2.45) is 5.92 Å². The lowest BCUT2D eigenvalue weighted by Crippen LogP contribution is -2.43. The quantitative estimate of drug-likeness (QED) is 0.785. The molecule has 1 aromatic carbocycles. The lowest BCUT2D eigenvalue weighted by molar-refractivity contribution is 0.168. The van der Waals surface area contributed by atoms with Gasteiger partial charge < -0.3 is 4.74 Å². The Labute approximate surface area is 140 Å². The summed E-state index contributed by atoms with van der Waals surface area (Å²) < 4.78 is 32.0. The monoisotopic (exact) mass is 340 g/mol. The van der Waals surface area contributed by atoms with Gasteiger partial charge in [-0.25, -0.2) is 13.1 Å². The van der Waals surface area contributed by atoms with Gasteiger partial charge in [-0.15, -0.1) is 0 Å². The first-order valence-electron chi connectivity index (χ1n) is 8.25. The van der Waals surface area contributed by atoms with Gasteiger partial charge in [-0.05, 0) is 37.8 Å². The van der Waals surface area contributed by atoms with Crippen molar-refractivity contribution in [2.75, 3.05) is 33.4 Å². The average molecular weight is 340 g/mol. The molecule has 1 N–H and O–H groups in total. The lowest BCUT2D eigenvalue weighted by Gasteiger charge is -2.33. The van der Waals surface area contributed by atoms with Crippen LogP contribution in [-0.2, 0) is 21.3 Å². The van der Waals surface area contributed by atoms with E-state index >= 15 is 0 Å². The summed E-state index contributed by atoms with van der Waals surface area (Å²) in [5.41, 5.74) is 1.31. The molecule has 1 aliphatic heterocycles. The third-order valence-corrected chi connectivity index (χ3v) is 6.12. The summed E-state index contributed by atoms with van der Waals surface area (Å²) >= 11 is 0. The Morgan fingerprint density at radius 3 is 2.78 bits per heavy atom. The number of hydrogen-bond donors (Lipinski definition) is 1. The summed E-state index contributed by atoms with van der Waals surface area (Å²) in [5, 5.41) is -0.517. The Bertz CT molecular complexity index is 562. The minimum absolute atomic E-state index is 0.222. The van der Waals surface area contributed by atoms with Crippen molar-refractivity contribution in [3.8, 4) is 0 Å². The molecule has 2 atom stereocenters. The van der Waals surface area contributed by atoms with Gasteiger partial charge in [-0.3, -0.25) is 4.90 Å². The minimum atomic E-state index is -3.29. The molecular weight excluding hydrogens is 312 g/mol. The van der Waals surface area contributed by atoms with Crippen LogP contribution in [0, 0.1) is 5.92 Å². The number of rotatable bonds is 8. The van der Waals surface area contributed by atoms with E-state index in [1.807, 2.05) is 6.07 Å². The molecule has 1 heterocycles. The van der Waals surface area contributed by atoms with Gasteiger partial charge in [0, 0.05) is 26.7 Å². The maximum absolute atomic E-state index is 12.1. The molecule has 1 saturated heterocycles. The fourth-order valence-electron chi connectivity index (χ4n) is 3.00. The largest absolute Gasteiger partial charge is 0.383 e. The summed E-state index contributed by atoms with van der Waals surface area (Å²) in [7, 11) is -1.77. The van der Waals surface area contributed by atoms with E-state index < -0.39 is 15.3 Å². The maximum Gasteiger partial charge on any atom is 0.216 e. The first-order valence-corrected chi connectivity index (χ1v) is 9.79. The fraction of sp³-hybridized carbons (Fsp3) is 0.647. The van der Waals surface area contributed by atoms with E-state index in [1.165, 1.54) is 12.7 Å². The molecule has 0 saturated carbocycles. The first-order chi connectivity index (χ1) is 11.0. The van der Waals surface area contributed by atoms with Crippen molar-refractivity contribution < 1.29 is 13.2 Å². The highest BCUT2D eigenvalue weighted by molar-refractivity contribution is 7.90. The predicted octanol–water partition coefficient (Wildman–Crippen LogP) is 1.85. The number of methoxy groups -OCH3 is 1. The third-order valence-electron chi connectivity index (χ3n) is 4.36. The van der Waals surface area contributed by atoms with Gasteiger partial charge in [0.15, 0.2) is 0 Å². The van der Waals surface area contributed by atoms with Crippen molar-refractivity contribution in [3.05, 3.63) is 35.9 Å². The van der Waals surface area contributed by atoms with Gasteiger partial charge >= 0.3 is 0 Å². The van der Waals surface area contributed by atoms with Crippen molar-refractivity contribution in [2.45, 2.75) is 31.6 Å². The molecule has 0 aromatic heterocycles. The van der Waals surface area contributed by atoms with Crippen molar-refractivity contribution in [1.82, 2.24) is 9.62 Å². The minimum Gasteiger partial charge on any atom is -0.383 e. The number of nitrogens with zero attached hydrogens (tertiary/aromatic N) is 1. The third kappa shape index (κ3) is 5.88. The van der Waals surface area contributed by atoms with Crippen LogP contribution < -0.4 is 4.72 Å². The summed E-state index contributed by atoms with van der Waals surface area (Å²) in [4.78, 5) is 2.41. The van der Waals surface area contributed by atoms with Crippen LogP contribution in [0.2, 0.25) is 0 Å². The average Bonchev–Trinajstić information content (AvgIpc) is 2.55. The number of benzene rings is 1. The van der Waals surface area contributed by atoms with Crippen molar-refractivity contribution in [3.63, 3.8) is 0 Å². The molecule has 130 valence electrons. The van der Waals surface area contributed by atoms with Gasteiger partial charge in [0.25, 0.3) is 0 Å². The zero-order valence-electron chi connectivity index (χ0n) is 14.1. The summed E-state index contributed by atoms with van der Waals surface area (Å²) in [6.07, 6.45) is 2.19. The van der Waals surface area contributed by atoms with Crippen LogP contribution >= 0.6 is 0 Å². The molecule has 6 heteroatoms. The van der Waals surface area contributed by atoms with Gasteiger partial charge in [-0.2, -0.15) is 0 Å². The molecule has 0 amide bonds. The summed E-state index contributed by atoms with van der Waals surface area (Å²) in [6.45, 7) is 5.37. The van der Waals surface area contributed by atoms with E-state index in [2.05, 4.69) is 33.9 Å². The Kier molecular flexibility index (Phi) is 7.02. The van der Waals surface area contributed by atoms with E-state index in [0.717, 1.165) is 32.5 Å². The molecule has 0 spiro atoms. The molecular formula is C17H28N2O3S. The maximum atomic E-state index is 12.1. The van der Waals surface area contributed by atoms with Crippen LogP contribution in [-0.4, -0.2) is 51.9 Å². The van der Waals surface area contributed by atoms with E-state index in [4.69, 9.17) is 4.74 Å². The molecule has 1 aromatic rings. The van der Waals surface area contributed by atoms with Gasteiger partial charge in [-0.1, -0.05) is 30.3 Å². The second-order valence-corrected chi connectivity index (χ2v) is 8.57. The number of sulfonamides is 1. The highest BCUT2D eigenvalue weighted by Crippen LogP contribution is 2.18. The molecule has 0 radical (unpaired) electrons. The molecule has 2 rings (SSSR count). The molecule has 0 bridgehead atoms. The van der Waals surface area contributed by atoms with Crippen LogP contribution in [0.5, 0.6) is 0 Å². The molecule has 1 fully saturated rings. The molecule has 0 aliphatic carbocycles.